The normalized spacial score (nSPS) is 15.8. The number of H-pyrrole nitrogens is 2. The van der Waals surface area contributed by atoms with Gasteiger partial charge < -0.3 is 21.4 Å². The zero-order valence-corrected chi connectivity index (χ0v) is 17.0. The molecule has 2 heterocycles. The predicted molar refractivity (Wildman–Crippen MR) is 119 cm³/mol. The predicted octanol–water partition coefficient (Wildman–Crippen LogP) is 4.39. The van der Waals surface area contributed by atoms with Gasteiger partial charge in [-0.15, -0.1) is 0 Å². The van der Waals surface area contributed by atoms with Crippen LogP contribution in [0.2, 0.25) is 0 Å². The van der Waals surface area contributed by atoms with Crippen molar-refractivity contribution in [2.45, 2.75) is 32.4 Å². The first kappa shape index (κ1) is 18.8. The third kappa shape index (κ3) is 3.44. The van der Waals surface area contributed by atoms with Crippen LogP contribution >= 0.6 is 0 Å². The van der Waals surface area contributed by atoms with Crippen LogP contribution in [-0.4, -0.2) is 19.9 Å². The second kappa shape index (κ2) is 7.23. The Morgan fingerprint density at radius 1 is 0.833 bits per heavy atom. The molecule has 0 amide bonds. The minimum atomic E-state index is -0.0283. The van der Waals surface area contributed by atoms with Crippen LogP contribution in [0.5, 0.6) is 0 Å². The van der Waals surface area contributed by atoms with Gasteiger partial charge in [-0.2, -0.15) is 0 Å². The summed E-state index contributed by atoms with van der Waals surface area (Å²) in [6.45, 7) is 2.64. The van der Waals surface area contributed by atoms with Crippen LogP contribution in [0, 0.1) is 5.41 Å². The Morgan fingerprint density at radius 3 is 1.83 bits per heavy atom. The van der Waals surface area contributed by atoms with E-state index < -0.39 is 0 Å². The Bertz CT molecular complexity index is 1150. The number of benzene rings is 2. The molecule has 0 saturated heterocycles. The van der Waals surface area contributed by atoms with E-state index in [1.54, 1.807) is 0 Å². The molecule has 0 bridgehead atoms. The van der Waals surface area contributed by atoms with E-state index in [-0.39, 0.29) is 11.5 Å². The molecule has 1 saturated carbocycles. The average Bonchev–Trinajstić information content (AvgIpc) is 3.20. The number of hydrogen-bond acceptors (Lipinski definition) is 4. The molecule has 1 fully saturated rings. The highest BCUT2D eigenvalue weighted by atomic mass is 15.0. The Labute approximate surface area is 175 Å². The fourth-order valence-corrected chi connectivity index (χ4v) is 3.76. The first-order chi connectivity index (χ1) is 14.6. The van der Waals surface area contributed by atoms with Crippen molar-refractivity contribution < 1.29 is 0 Å². The van der Waals surface area contributed by atoms with E-state index in [2.05, 4.69) is 70.4 Å². The molecular formula is C24H26N6. The molecule has 2 aromatic heterocycles. The number of hydrogen-bond donors (Lipinski definition) is 4. The van der Waals surface area contributed by atoms with Gasteiger partial charge in [-0.05, 0) is 29.4 Å². The lowest BCUT2D eigenvalue weighted by molar-refractivity contribution is 0.434. The number of nitrogens with one attached hydrogen (secondary N) is 2. The zero-order chi connectivity index (χ0) is 20.7. The molecule has 152 valence electrons. The maximum Gasteiger partial charge on any atom is 0.124 e. The fraction of sp³-hybridized carbons (Fsp3) is 0.250. The number of nitrogens with two attached hydrogens (primary N) is 2. The van der Waals surface area contributed by atoms with Crippen LogP contribution < -0.4 is 11.5 Å². The van der Waals surface area contributed by atoms with Gasteiger partial charge in [0.05, 0.1) is 24.0 Å². The van der Waals surface area contributed by atoms with Crippen molar-refractivity contribution in [3.8, 4) is 33.6 Å². The van der Waals surface area contributed by atoms with Crippen molar-refractivity contribution in [1.82, 2.24) is 19.9 Å². The monoisotopic (exact) mass is 398 g/mol. The second-order valence-electron chi connectivity index (χ2n) is 8.39. The summed E-state index contributed by atoms with van der Waals surface area (Å²) in [6.07, 6.45) is 6.18. The van der Waals surface area contributed by atoms with E-state index in [9.17, 15) is 0 Å². The third-order valence-electron chi connectivity index (χ3n) is 6.20. The van der Waals surface area contributed by atoms with Crippen molar-refractivity contribution >= 4 is 0 Å². The van der Waals surface area contributed by atoms with Crippen molar-refractivity contribution in [3.05, 3.63) is 72.6 Å². The van der Waals surface area contributed by atoms with Gasteiger partial charge in [-0.3, -0.25) is 0 Å². The molecule has 1 atom stereocenters. The molecule has 30 heavy (non-hydrogen) atoms. The Morgan fingerprint density at radius 2 is 1.33 bits per heavy atom. The van der Waals surface area contributed by atoms with Crippen LogP contribution in [0.4, 0.5) is 0 Å². The number of aromatic amines is 2. The van der Waals surface area contributed by atoms with E-state index >= 15 is 0 Å². The van der Waals surface area contributed by atoms with Gasteiger partial charge in [0.2, 0.25) is 0 Å². The van der Waals surface area contributed by atoms with E-state index in [1.807, 2.05) is 12.4 Å². The maximum atomic E-state index is 6.38. The summed E-state index contributed by atoms with van der Waals surface area (Å²) >= 11 is 0. The molecule has 5 rings (SSSR count). The third-order valence-corrected chi connectivity index (χ3v) is 6.20. The molecule has 6 heteroatoms. The molecule has 2 aromatic carbocycles. The Hall–Kier alpha value is -3.22. The fourth-order valence-electron chi connectivity index (χ4n) is 3.76. The van der Waals surface area contributed by atoms with Crippen LogP contribution in [0.1, 0.15) is 37.5 Å². The molecular weight excluding hydrogens is 372 g/mol. The highest BCUT2D eigenvalue weighted by Gasteiger charge is 2.44. The summed E-state index contributed by atoms with van der Waals surface area (Å²) in [5.41, 5.74) is 18.5. The number of imidazole rings is 2. The molecule has 6 N–H and O–H groups in total. The lowest BCUT2D eigenvalue weighted by atomic mass is 9.99. The zero-order valence-electron chi connectivity index (χ0n) is 17.0. The smallest absolute Gasteiger partial charge is 0.124 e. The van der Waals surface area contributed by atoms with Crippen LogP contribution in [0.15, 0.2) is 60.9 Å². The van der Waals surface area contributed by atoms with E-state index in [4.69, 9.17) is 16.5 Å². The summed E-state index contributed by atoms with van der Waals surface area (Å²) in [5.74, 6) is 1.67. The summed E-state index contributed by atoms with van der Waals surface area (Å²) < 4.78 is 0. The van der Waals surface area contributed by atoms with Gasteiger partial charge in [0.1, 0.15) is 11.6 Å². The molecule has 6 nitrogen and oxygen atoms in total. The number of aromatic nitrogens is 4. The van der Waals surface area contributed by atoms with Gasteiger partial charge in [0.25, 0.3) is 0 Å². The minimum absolute atomic E-state index is 0.0283. The first-order valence-corrected chi connectivity index (χ1v) is 10.3. The average molecular weight is 399 g/mol. The van der Waals surface area contributed by atoms with Crippen LogP contribution in [0.25, 0.3) is 33.6 Å². The van der Waals surface area contributed by atoms with E-state index in [0.717, 1.165) is 45.3 Å². The standard InChI is InChI=1S/C24H26N6/c1-24(10-11-24)22(26)23-28-14-20(30-23)18-8-4-16(5-9-18)15-2-6-17(7-3-15)19-13-27-21(12-25)29-19/h2-9,13-14,22H,10-12,25-26H2,1H3,(H,27,29)(H,28,30). The molecule has 0 aliphatic heterocycles. The minimum Gasteiger partial charge on any atom is -0.347 e. The molecule has 1 unspecified atom stereocenters. The quantitative estimate of drug-likeness (QED) is 0.386. The van der Waals surface area contributed by atoms with Crippen molar-refractivity contribution in [2.75, 3.05) is 0 Å². The second-order valence-corrected chi connectivity index (χ2v) is 8.39. The molecule has 0 radical (unpaired) electrons. The van der Waals surface area contributed by atoms with Crippen LogP contribution in [0.3, 0.4) is 0 Å². The highest BCUT2D eigenvalue weighted by molar-refractivity contribution is 5.71. The largest absolute Gasteiger partial charge is 0.347 e. The number of rotatable bonds is 6. The highest BCUT2D eigenvalue weighted by Crippen LogP contribution is 2.52. The van der Waals surface area contributed by atoms with Gasteiger partial charge >= 0.3 is 0 Å². The van der Waals surface area contributed by atoms with Crippen molar-refractivity contribution in [3.63, 3.8) is 0 Å². The Balaban J connectivity index is 1.33. The summed E-state index contributed by atoms with van der Waals surface area (Å²) in [6, 6.07) is 16.8. The van der Waals surface area contributed by atoms with Gasteiger partial charge in [-0.1, -0.05) is 55.5 Å². The van der Waals surface area contributed by atoms with E-state index in [0.29, 0.717) is 6.54 Å². The SMILES string of the molecule is CC1(C(N)c2nc(-c3ccc(-c4ccc(-c5c[nH]c(CN)n5)cc4)cc3)c[nH]2)CC1. The molecule has 1 aliphatic rings. The maximum absolute atomic E-state index is 6.38. The van der Waals surface area contributed by atoms with E-state index in [1.165, 1.54) is 12.8 Å². The summed E-state index contributed by atoms with van der Waals surface area (Å²) in [4.78, 5) is 15.6. The Kier molecular flexibility index (Phi) is 4.53. The topological polar surface area (TPSA) is 109 Å². The molecule has 4 aromatic rings. The van der Waals surface area contributed by atoms with Gasteiger partial charge in [-0.25, -0.2) is 9.97 Å². The lowest BCUT2D eigenvalue weighted by Gasteiger charge is -2.15. The first-order valence-electron chi connectivity index (χ1n) is 10.3. The molecule has 1 aliphatic carbocycles. The lowest BCUT2D eigenvalue weighted by Crippen LogP contribution is -2.21. The van der Waals surface area contributed by atoms with Crippen molar-refractivity contribution in [2.24, 2.45) is 16.9 Å². The van der Waals surface area contributed by atoms with Gasteiger partial charge in [0, 0.05) is 23.5 Å². The van der Waals surface area contributed by atoms with Crippen LogP contribution in [-0.2, 0) is 6.54 Å². The summed E-state index contributed by atoms with van der Waals surface area (Å²) in [7, 11) is 0. The number of nitrogens with zero attached hydrogens (tertiary/aromatic N) is 2. The van der Waals surface area contributed by atoms with Crippen molar-refractivity contribution in [1.29, 1.82) is 0 Å². The summed E-state index contributed by atoms with van der Waals surface area (Å²) in [5, 5.41) is 0. The van der Waals surface area contributed by atoms with Gasteiger partial charge in [0.15, 0.2) is 0 Å². The molecule has 0 spiro atoms.